The van der Waals surface area contributed by atoms with E-state index in [1.54, 1.807) is 0 Å². The van der Waals surface area contributed by atoms with Crippen molar-refractivity contribution < 1.29 is 14.4 Å². The number of hydrogen-bond donors (Lipinski definition) is 2. The number of aryl methyl sites for hydroxylation is 1. The summed E-state index contributed by atoms with van der Waals surface area (Å²) in [5, 5.41) is 16.7. The first-order chi connectivity index (χ1) is 10.4. The van der Waals surface area contributed by atoms with E-state index in [4.69, 9.17) is 4.52 Å². The largest absolute Gasteiger partial charge is 0.391 e. The maximum absolute atomic E-state index is 11.8. The summed E-state index contributed by atoms with van der Waals surface area (Å²) in [5.41, 5.74) is -0.157. The van der Waals surface area contributed by atoms with E-state index in [1.807, 2.05) is 20.8 Å². The van der Waals surface area contributed by atoms with E-state index in [0.717, 1.165) is 12.8 Å². The van der Waals surface area contributed by atoms with Crippen molar-refractivity contribution in [2.75, 3.05) is 6.54 Å². The van der Waals surface area contributed by atoms with E-state index in [0.29, 0.717) is 37.0 Å². The molecule has 1 amide bonds. The van der Waals surface area contributed by atoms with Crippen LogP contribution in [0.2, 0.25) is 0 Å². The Bertz CT molecular complexity index is 487. The van der Waals surface area contributed by atoms with Crippen LogP contribution in [0.15, 0.2) is 4.52 Å². The van der Waals surface area contributed by atoms with Gasteiger partial charge >= 0.3 is 0 Å². The summed E-state index contributed by atoms with van der Waals surface area (Å²) in [6.07, 6.45) is 4.79. The molecule has 1 aliphatic rings. The van der Waals surface area contributed by atoms with Gasteiger partial charge in [-0.3, -0.25) is 4.79 Å². The number of carbonyl (C=O) groups excluding carboxylic acids is 1. The molecule has 1 fully saturated rings. The Hall–Kier alpha value is -1.43. The standard InChI is InChI=1S/C16H27N3O3/c1-16(2,3)15-18-14(22-19-15)9-8-13(21)17-10-12(20)11-6-4-5-7-11/h11-12,20H,4-10H2,1-3H3,(H,17,21). The lowest BCUT2D eigenvalue weighted by atomic mass is 9.96. The zero-order valence-corrected chi connectivity index (χ0v) is 13.8. The summed E-state index contributed by atoms with van der Waals surface area (Å²) in [4.78, 5) is 16.1. The van der Waals surface area contributed by atoms with E-state index in [-0.39, 0.29) is 11.3 Å². The molecule has 1 aliphatic carbocycles. The Morgan fingerprint density at radius 1 is 1.41 bits per heavy atom. The smallest absolute Gasteiger partial charge is 0.227 e. The van der Waals surface area contributed by atoms with Crippen molar-refractivity contribution in [2.45, 2.75) is 70.8 Å². The number of nitrogens with one attached hydrogen (secondary N) is 1. The van der Waals surface area contributed by atoms with Crippen LogP contribution in [-0.4, -0.2) is 33.8 Å². The van der Waals surface area contributed by atoms with E-state index < -0.39 is 6.10 Å². The Kier molecular flexibility index (Phi) is 5.56. The number of rotatable bonds is 6. The second-order valence-electron chi connectivity index (χ2n) is 7.18. The summed E-state index contributed by atoms with van der Waals surface area (Å²) >= 11 is 0. The molecule has 6 nitrogen and oxygen atoms in total. The van der Waals surface area contributed by atoms with E-state index in [9.17, 15) is 9.90 Å². The van der Waals surface area contributed by atoms with Crippen LogP contribution in [0.3, 0.4) is 0 Å². The SMILES string of the molecule is CC(C)(C)c1noc(CCC(=O)NCC(O)C2CCCC2)n1. The van der Waals surface area contributed by atoms with Gasteiger partial charge in [-0.25, -0.2) is 0 Å². The Morgan fingerprint density at radius 3 is 2.68 bits per heavy atom. The number of hydrogen-bond acceptors (Lipinski definition) is 5. The van der Waals surface area contributed by atoms with Gasteiger partial charge in [0, 0.05) is 24.8 Å². The summed E-state index contributed by atoms with van der Waals surface area (Å²) in [6, 6.07) is 0. The molecule has 2 N–H and O–H groups in total. The number of aliphatic hydroxyl groups is 1. The molecule has 1 heterocycles. The molecular weight excluding hydrogens is 282 g/mol. The van der Waals surface area contributed by atoms with Crippen molar-refractivity contribution in [3.8, 4) is 0 Å². The normalized spacial score (nSPS) is 17.6. The van der Waals surface area contributed by atoms with Crippen LogP contribution < -0.4 is 5.32 Å². The lowest BCUT2D eigenvalue weighted by molar-refractivity contribution is -0.121. The monoisotopic (exact) mass is 309 g/mol. The zero-order valence-electron chi connectivity index (χ0n) is 13.8. The third kappa shape index (κ3) is 4.80. The highest BCUT2D eigenvalue weighted by molar-refractivity contribution is 5.76. The third-order valence-corrected chi connectivity index (χ3v) is 4.16. The van der Waals surface area contributed by atoms with Gasteiger partial charge in [0.25, 0.3) is 0 Å². The quantitative estimate of drug-likeness (QED) is 0.838. The molecule has 1 saturated carbocycles. The Labute approximate surface area is 131 Å². The van der Waals surface area contributed by atoms with Crippen molar-refractivity contribution in [3.63, 3.8) is 0 Å². The molecule has 0 spiro atoms. The predicted octanol–water partition coefficient (Wildman–Crippen LogP) is 1.97. The number of aromatic nitrogens is 2. The van der Waals surface area contributed by atoms with E-state index in [2.05, 4.69) is 15.5 Å². The topological polar surface area (TPSA) is 88.2 Å². The van der Waals surface area contributed by atoms with Crippen molar-refractivity contribution >= 4 is 5.91 Å². The van der Waals surface area contributed by atoms with Gasteiger partial charge in [-0.1, -0.05) is 38.8 Å². The van der Waals surface area contributed by atoms with Gasteiger partial charge < -0.3 is 14.9 Å². The van der Waals surface area contributed by atoms with Gasteiger partial charge in [-0.05, 0) is 18.8 Å². The second kappa shape index (κ2) is 7.22. The van der Waals surface area contributed by atoms with Crippen molar-refractivity contribution in [1.29, 1.82) is 0 Å². The Morgan fingerprint density at radius 2 is 2.09 bits per heavy atom. The molecule has 0 aliphatic heterocycles. The average molecular weight is 309 g/mol. The first kappa shape index (κ1) is 16.9. The predicted molar refractivity (Wildman–Crippen MR) is 82.3 cm³/mol. The molecule has 2 rings (SSSR count). The third-order valence-electron chi connectivity index (χ3n) is 4.16. The van der Waals surface area contributed by atoms with Crippen LogP contribution in [-0.2, 0) is 16.6 Å². The molecule has 0 radical (unpaired) electrons. The van der Waals surface area contributed by atoms with Gasteiger partial charge in [0.15, 0.2) is 5.82 Å². The van der Waals surface area contributed by atoms with Gasteiger partial charge in [-0.2, -0.15) is 4.98 Å². The maximum atomic E-state index is 11.8. The van der Waals surface area contributed by atoms with Crippen LogP contribution in [0.1, 0.15) is 64.6 Å². The van der Waals surface area contributed by atoms with Gasteiger partial charge in [0.05, 0.1) is 6.10 Å². The van der Waals surface area contributed by atoms with E-state index in [1.165, 1.54) is 12.8 Å². The average Bonchev–Trinajstić information content (AvgIpc) is 3.12. The van der Waals surface area contributed by atoms with E-state index >= 15 is 0 Å². The fourth-order valence-electron chi connectivity index (χ4n) is 2.70. The molecule has 22 heavy (non-hydrogen) atoms. The highest BCUT2D eigenvalue weighted by atomic mass is 16.5. The maximum Gasteiger partial charge on any atom is 0.227 e. The molecule has 0 aromatic carbocycles. The molecule has 1 aromatic rings. The van der Waals surface area contributed by atoms with Crippen LogP contribution in [0, 0.1) is 5.92 Å². The fraction of sp³-hybridized carbons (Fsp3) is 0.812. The minimum atomic E-state index is -0.428. The van der Waals surface area contributed by atoms with Crippen molar-refractivity contribution in [2.24, 2.45) is 5.92 Å². The molecule has 0 saturated heterocycles. The molecule has 6 heteroatoms. The minimum Gasteiger partial charge on any atom is -0.391 e. The van der Waals surface area contributed by atoms with Crippen LogP contribution >= 0.6 is 0 Å². The molecule has 1 atom stereocenters. The van der Waals surface area contributed by atoms with Gasteiger partial charge in [0.1, 0.15) is 0 Å². The van der Waals surface area contributed by atoms with Crippen molar-refractivity contribution in [3.05, 3.63) is 11.7 Å². The first-order valence-electron chi connectivity index (χ1n) is 8.14. The lowest BCUT2D eigenvalue weighted by Gasteiger charge is -2.17. The van der Waals surface area contributed by atoms with Crippen molar-refractivity contribution in [1.82, 2.24) is 15.5 Å². The molecule has 124 valence electrons. The van der Waals surface area contributed by atoms with Crippen LogP contribution in [0.4, 0.5) is 0 Å². The molecule has 0 bridgehead atoms. The summed E-state index contributed by atoms with van der Waals surface area (Å²) in [6.45, 7) is 6.37. The Balaban J connectivity index is 1.70. The van der Waals surface area contributed by atoms with Crippen LogP contribution in [0.5, 0.6) is 0 Å². The zero-order chi connectivity index (χ0) is 16.2. The summed E-state index contributed by atoms with van der Waals surface area (Å²) in [5.74, 6) is 1.38. The van der Waals surface area contributed by atoms with Crippen LogP contribution in [0.25, 0.3) is 0 Å². The lowest BCUT2D eigenvalue weighted by Crippen LogP contribution is -2.35. The molecule has 1 unspecified atom stereocenters. The summed E-state index contributed by atoms with van der Waals surface area (Å²) in [7, 11) is 0. The minimum absolute atomic E-state index is 0.0902. The molecule has 1 aromatic heterocycles. The fourth-order valence-corrected chi connectivity index (χ4v) is 2.70. The summed E-state index contributed by atoms with van der Waals surface area (Å²) < 4.78 is 5.16. The van der Waals surface area contributed by atoms with Gasteiger partial charge in [0.2, 0.25) is 11.8 Å². The second-order valence-corrected chi connectivity index (χ2v) is 7.18. The van der Waals surface area contributed by atoms with Gasteiger partial charge in [-0.15, -0.1) is 0 Å². The number of amides is 1. The molecular formula is C16H27N3O3. The number of nitrogens with zero attached hydrogens (tertiary/aromatic N) is 2. The highest BCUT2D eigenvalue weighted by Gasteiger charge is 2.24. The number of aliphatic hydroxyl groups excluding tert-OH is 1. The first-order valence-corrected chi connectivity index (χ1v) is 8.14. The number of carbonyl (C=O) groups is 1. The highest BCUT2D eigenvalue weighted by Crippen LogP contribution is 2.27.